The van der Waals surface area contributed by atoms with Gasteiger partial charge in [0.1, 0.15) is 17.9 Å². The maximum Gasteiger partial charge on any atom is 0.469 e. The zero-order chi connectivity index (χ0) is 28.8. The van der Waals surface area contributed by atoms with Crippen LogP contribution in [0, 0.1) is 11.8 Å². The summed E-state index contributed by atoms with van der Waals surface area (Å²) in [6.45, 7) is 3.47. The normalized spacial score (nSPS) is 18.7. The minimum atomic E-state index is -5.26. The number of nitrogens with one attached hydrogen (secondary N) is 1. The predicted octanol–water partition coefficient (Wildman–Crippen LogP) is 4.11. The molecule has 1 aromatic carbocycles. The monoisotopic (exact) mass is 585 g/mol. The van der Waals surface area contributed by atoms with Gasteiger partial charge in [-0.1, -0.05) is 26.0 Å². The first kappa shape index (κ1) is 30.9. The van der Waals surface area contributed by atoms with Crippen LogP contribution in [0.25, 0.3) is 0 Å². The molecule has 1 heterocycles. The van der Waals surface area contributed by atoms with Crippen LogP contribution in [0.4, 0.5) is 10.5 Å². The highest BCUT2D eigenvalue weighted by Gasteiger charge is 2.46. The van der Waals surface area contributed by atoms with E-state index in [1.54, 1.807) is 13.8 Å². The highest BCUT2D eigenvalue weighted by molar-refractivity contribution is 7.89. The molecular formula is C25H36N3O9PS. The smallest absolute Gasteiger partial charge is 0.468 e. The van der Waals surface area contributed by atoms with Gasteiger partial charge in [0.15, 0.2) is 0 Å². The lowest BCUT2D eigenvalue weighted by Crippen LogP contribution is -2.53. The molecule has 3 rings (SSSR count). The second kappa shape index (κ2) is 13.1. The molecule has 39 heavy (non-hydrogen) atoms. The van der Waals surface area contributed by atoms with Gasteiger partial charge in [0.05, 0.1) is 17.2 Å². The number of carboxylic acid groups (broad SMARTS) is 1. The van der Waals surface area contributed by atoms with Gasteiger partial charge in [0.25, 0.3) is 0 Å². The topological polar surface area (TPSA) is 193 Å². The number of benzene rings is 1. The maximum absolute atomic E-state index is 14.1. The first-order chi connectivity index (χ1) is 18.3. The van der Waals surface area contributed by atoms with Crippen LogP contribution < -0.4 is 11.1 Å². The average Bonchev–Trinajstić information content (AvgIpc) is 3.37. The van der Waals surface area contributed by atoms with Crippen LogP contribution in [0.5, 0.6) is 0 Å². The summed E-state index contributed by atoms with van der Waals surface area (Å²) in [7, 11) is -9.60. The average molecular weight is 586 g/mol. The number of nitrogens with two attached hydrogens (primary N) is 1. The molecule has 1 aliphatic carbocycles. The maximum atomic E-state index is 14.1. The molecule has 0 saturated carbocycles. The number of nitrogen functional groups attached to an aromatic ring is 1. The zero-order valence-corrected chi connectivity index (χ0v) is 23.5. The number of nitrogens with zero attached hydrogens (tertiary/aromatic N) is 1. The van der Waals surface area contributed by atoms with Gasteiger partial charge < -0.3 is 30.4 Å². The van der Waals surface area contributed by atoms with Gasteiger partial charge in [0, 0.05) is 12.2 Å². The van der Waals surface area contributed by atoms with E-state index in [0.29, 0.717) is 5.69 Å². The van der Waals surface area contributed by atoms with Crippen molar-refractivity contribution in [1.29, 1.82) is 0 Å². The number of carbonyl (C=O) groups is 1. The van der Waals surface area contributed by atoms with Crippen LogP contribution in [0.3, 0.4) is 0 Å². The van der Waals surface area contributed by atoms with E-state index in [0.717, 1.165) is 23.6 Å². The van der Waals surface area contributed by atoms with E-state index in [2.05, 4.69) is 5.32 Å². The number of hydrogen-bond donors (Lipinski definition) is 5. The van der Waals surface area contributed by atoms with Gasteiger partial charge in [-0.05, 0) is 73.9 Å². The minimum Gasteiger partial charge on any atom is -0.468 e. The van der Waals surface area contributed by atoms with Gasteiger partial charge in [-0.3, -0.25) is 4.52 Å². The molecule has 4 atom stereocenters. The Hall–Kier alpha value is -2.67. The fraction of sp³-hybridized carbons (Fsp3) is 0.480. The van der Waals surface area contributed by atoms with Crippen LogP contribution in [0.1, 0.15) is 51.3 Å². The number of phosphoric ester groups is 1. The van der Waals surface area contributed by atoms with Crippen molar-refractivity contribution in [2.45, 2.75) is 62.6 Å². The quantitative estimate of drug-likeness (QED) is 0.130. The summed E-state index contributed by atoms with van der Waals surface area (Å²) in [6, 6.07) is 5.82. The Labute approximate surface area is 228 Å². The van der Waals surface area contributed by atoms with Gasteiger partial charge >= 0.3 is 13.9 Å². The van der Waals surface area contributed by atoms with Crippen molar-refractivity contribution in [2.75, 3.05) is 12.3 Å². The Morgan fingerprint density at radius 2 is 1.95 bits per heavy atom. The summed E-state index contributed by atoms with van der Waals surface area (Å²) in [4.78, 5) is 31.6. The molecule has 12 nitrogen and oxygen atoms in total. The highest BCUT2D eigenvalue weighted by atomic mass is 32.2. The minimum absolute atomic E-state index is 0.0319. The second-order valence-electron chi connectivity index (χ2n) is 9.97. The number of phosphoric acid groups is 1. The van der Waals surface area contributed by atoms with Gasteiger partial charge in [-0.2, -0.15) is 4.31 Å². The fourth-order valence-electron chi connectivity index (χ4n) is 4.77. The Balaban J connectivity index is 2.22. The van der Waals surface area contributed by atoms with Gasteiger partial charge in [-0.25, -0.2) is 17.8 Å². The third-order valence-corrected chi connectivity index (χ3v) is 8.74. The van der Waals surface area contributed by atoms with E-state index >= 15 is 0 Å². The molecule has 6 N–H and O–H groups in total. The van der Waals surface area contributed by atoms with Gasteiger partial charge in [-0.15, -0.1) is 0 Å². The van der Waals surface area contributed by atoms with E-state index in [1.165, 1.54) is 42.7 Å². The van der Waals surface area contributed by atoms with E-state index in [9.17, 15) is 32.7 Å². The molecule has 2 aromatic rings. The van der Waals surface area contributed by atoms with Crippen LogP contribution in [0.15, 0.2) is 64.1 Å². The highest BCUT2D eigenvalue weighted by Crippen LogP contribution is 2.45. The van der Waals surface area contributed by atoms with Crippen LogP contribution in [0.2, 0.25) is 0 Å². The summed E-state index contributed by atoms with van der Waals surface area (Å²) in [5.74, 6) is -0.332. The number of allylic oxidation sites excluding steroid dienone is 2. The van der Waals surface area contributed by atoms with Crippen LogP contribution in [-0.2, 0) is 19.1 Å². The van der Waals surface area contributed by atoms with Crippen molar-refractivity contribution in [3.63, 3.8) is 0 Å². The molecule has 1 aliphatic rings. The van der Waals surface area contributed by atoms with E-state index in [4.69, 9.17) is 14.7 Å². The van der Waals surface area contributed by atoms with E-state index in [1.807, 2.05) is 12.2 Å². The Morgan fingerprint density at radius 3 is 2.46 bits per heavy atom. The van der Waals surface area contributed by atoms with Crippen LogP contribution in [-0.4, -0.2) is 52.4 Å². The molecular weight excluding hydrogens is 549 g/mol. The number of anilines is 1. The molecule has 0 bridgehead atoms. The second-order valence-corrected chi connectivity index (χ2v) is 13.1. The number of rotatable bonds is 13. The molecule has 0 fully saturated rings. The predicted molar refractivity (Wildman–Crippen MR) is 144 cm³/mol. The summed E-state index contributed by atoms with van der Waals surface area (Å²) in [5.41, 5.74) is 6.10. The molecule has 1 aromatic heterocycles. The van der Waals surface area contributed by atoms with Crippen molar-refractivity contribution in [3.8, 4) is 0 Å². The number of hydrogen-bond acceptors (Lipinski definition) is 7. The molecule has 0 aliphatic heterocycles. The van der Waals surface area contributed by atoms with Crippen molar-refractivity contribution in [3.05, 3.63) is 60.6 Å². The third-order valence-electron chi connectivity index (χ3n) is 6.36. The molecule has 1 amide bonds. The lowest BCUT2D eigenvalue weighted by atomic mass is 9.86. The SMILES string of the molecule is CC(C)CN([C@H](c1ccco1)[C@H](OP(=O)(O)O)[C@H](CC1C=CCCC1)NC(=O)O)S(=O)(=O)c1ccc(N)cc1. The lowest BCUT2D eigenvalue weighted by Gasteiger charge is -2.39. The van der Waals surface area contributed by atoms with E-state index in [-0.39, 0.29) is 35.5 Å². The summed E-state index contributed by atoms with van der Waals surface area (Å²) in [5, 5.41) is 12.0. The van der Waals surface area contributed by atoms with E-state index < -0.39 is 42.1 Å². The largest absolute Gasteiger partial charge is 0.469 e. The standard InChI is InChI=1S/C25H36N3O9PS/c1-17(2)16-28(39(34,35)20-12-10-19(26)11-13-20)23(22-9-6-14-36-22)24(37-38(31,32)33)21(27-25(29)30)15-18-7-4-3-5-8-18/h4,6-7,9-14,17-18,21,23-24,27H,3,5,8,15-16,26H2,1-2H3,(H,29,30)(H2,31,32,33)/t18?,21-,23+,24+/m0/s1. The fourth-order valence-corrected chi connectivity index (χ4v) is 7.12. The van der Waals surface area contributed by atoms with Crippen LogP contribution >= 0.6 is 7.82 Å². The van der Waals surface area contributed by atoms with Gasteiger partial charge in [0.2, 0.25) is 10.0 Å². The number of sulfonamides is 1. The number of furan rings is 1. The van der Waals surface area contributed by atoms with Crippen molar-refractivity contribution in [1.82, 2.24) is 9.62 Å². The Kier molecular flexibility index (Phi) is 10.4. The molecule has 0 spiro atoms. The molecule has 0 radical (unpaired) electrons. The first-order valence-corrected chi connectivity index (χ1v) is 15.6. The lowest BCUT2D eigenvalue weighted by molar-refractivity contribution is 0.0313. The molecule has 0 saturated heterocycles. The molecule has 1 unspecified atom stereocenters. The van der Waals surface area contributed by atoms with Crippen molar-refractivity contribution in [2.24, 2.45) is 11.8 Å². The van der Waals surface area contributed by atoms with Crippen molar-refractivity contribution < 1.29 is 41.6 Å². The number of amides is 1. The Bertz CT molecular complexity index is 1260. The summed E-state index contributed by atoms with van der Waals surface area (Å²) >= 11 is 0. The summed E-state index contributed by atoms with van der Waals surface area (Å²) in [6.07, 6.45) is 4.64. The Morgan fingerprint density at radius 1 is 1.26 bits per heavy atom. The van der Waals surface area contributed by atoms with Crippen molar-refractivity contribution >= 4 is 29.6 Å². The molecule has 14 heteroatoms. The zero-order valence-electron chi connectivity index (χ0n) is 21.8. The molecule has 216 valence electrons. The third kappa shape index (κ3) is 8.66. The summed E-state index contributed by atoms with van der Waals surface area (Å²) < 4.78 is 52.3. The first-order valence-electron chi connectivity index (χ1n) is 12.6.